The van der Waals surface area contributed by atoms with Crippen LogP contribution in [0.2, 0.25) is 5.02 Å². The molecule has 4 nitrogen and oxygen atoms in total. The zero-order valence-electron chi connectivity index (χ0n) is 19.1. The van der Waals surface area contributed by atoms with Gasteiger partial charge >= 0.3 is 5.97 Å². The molecule has 1 N–H and O–H groups in total. The molecule has 0 aliphatic carbocycles. The Morgan fingerprint density at radius 2 is 1.86 bits per heavy atom. The van der Waals surface area contributed by atoms with Crippen molar-refractivity contribution in [3.05, 3.63) is 34.9 Å². The number of nitrogens with zero attached hydrogens (tertiary/aromatic N) is 1. The molecule has 166 valence electrons. The lowest BCUT2D eigenvalue weighted by Crippen LogP contribution is -2.47. The van der Waals surface area contributed by atoms with Crippen molar-refractivity contribution in [1.29, 1.82) is 0 Å². The molecule has 29 heavy (non-hydrogen) atoms. The van der Waals surface area contributed by atoms with E-state index in [4.69, 9.17) is 16.3 Å². The minimum atomic E-state index is -0.718. The first kappa shape index (κ1) is 25.9. The molecule has 3 atom stereocenters. The highest BCUT2D eigenvalue weighted by atomic mass is 35.5. The van der Waals surface area contributed by atoms with Crippen LogP contribution in [0.1, 0.15) is 78.9 Å². The number of unbranched alkanes of at least 4 members (excludes halogenated alkanes) is 1. The van der Waals surface area contributed by atoms with E-state index in [9.17, 15) is 9.90 Å². The second kappa shape index (κ2) is 12.6. The summed E-state index contributed by atoms with van der Waals surface area (Å²) in [6, 6.07) is 7.34. The molecule has 0 amide bonds. The van der Waals surface area contributed by atoms with Crippen molar-refractivity contribution in [2.45, 2.75) is 78.9 Å². The number of hydrogen-bond acceptors (Lipinski definition) is 4. The minimum absolute atomic E-state index is 0.165. The third-order valence-corrected chi connectivity index (χ3v) is 5.85. The summed E-state index contributed by atoms with van der Waals surface area (Å²) in [7, 11) is 0. The fraction of sp³-hybridized carbons (Fsp3) is 0.708. The Morgan fingerprint density at radius 1 is 1.21 bits per heavy atom. The smallest absolute Gasteiger partial charge is 0.309 e. The molecule has 0 bridgehead atoms. The predicted molar refractivity (Wildman–Crippen MR) is 121 cm³/mol. The number of halogens is 1. The maximum absolute atomic E-state index is 12.6. The zero-order valence-corrected chi connectivity index (χ0v) is 19.8. The molecule has 0 aliphatic heterocycles. The first-order valence-corrected chi connectivity index (χ1v) is 11.3. The Hall–Kier alpha value is -1.10. The van der Waals surface area contributed by atoms with Crippen LogP contribution in [0.25, 0.3) is 0 Å². The van der Waals surface area contributed by atoms with Crippen molar-refractivity contribution in [1.82, 2.24) is 4.90 Å². The van der Waals surface area contributed by atoms with Gasteiger partial charge in [0.25, 0.3) is 0 Å². The number of hydrogen-bond donors (Lipinski definition) is 1. The molecule has 0 spiro atoms. The van der Waals surface area contributed by atoms with Crippen molar-refractivity contribution >= 4 is 17.6 Å². The van der Waals surface area contributed by atoms with Crippen LogP contribution in [0, 0.1) is 11.8 Å². The molecule has 0 fully saturated rings. The van der Waals surface area contributed by atoms with Gasteiger partial charge in [-0.05, 0) is 39.2 Å². The summed E-state index contributed by atoms with van der Waals surface area (Å²) in [6.45, 7) is 13.9. The maximum Gasteiger partial charge on any atom is 0.309 e. The summed E-state index contributed by atoms with van der Waals surface area (Å²) in [4.78, 5) is 14.7. The first-order valence-electron chi connectivity index (χ1n) is 10.9. The molecular weight excluding hydrogens is 386 g/mol. The number of β-amino-alcohol motifs (C(OH)–C–C–N with tert-alkyl or cyclic N) is 1. The average molecular weight is 426 g/mol. The van der Waals surface area contributed by atoms with E-state index in [1.54, 1.807) is 6.07 Å². The highest BCUT2D eigenvalue weighted by Crippen LogP contribution is 2.26. The lowest BCUT2D eigenvalue weighted by atomic mass is 9.99. The van der Waals surface area contributed by atoms with Crippen LogP contribution in [-0.2, 0) is 9.53 Å². The summed E-state index contributed by atoms with van der Waals surface area (Å²) in [5, 5.41) is 11.3. The van der Waals surface area contributed by atoms with Gasteiger partial charge in [0.1, 0.15) is 0 Å². The number of esters is 1. The van der Waals surface area contributed by atoms with Crippen molar-refractivity contribution in [2.75, 3.05) is 19.7 Å². The maximum atomic E-state index is 12.6. The summed E-state index contributed by atoms with van der Waals surface area (Å²) in [5.41, 5.74) is 0.504. The van der Waals surface area contributed by atoms with Gasteiger partial charge in [-0.15, -0.1) is 0 Å². The normalized spacial score (nSPS) is 15.2. The largest absolute Gasteiger partial charge is 0.465 e. The minimum Gasteiger partial charge on any atom is -0.465 e. The molecular formula is C24H40ClNO3. The van der Waals surface area contributed by atoms with E-state index in [0.29, 0.717) is 36.2 Å². The molecule has 1 aromatic rings. The van der Waals surface area contributed by atoms with E-state index in [1.807, 2.05) is 25.1 Å². The van der Waals surface area contributed by atoms with Gasteiger partial charge < -0.3 is 9.84 Å². The average Bonchev–Trinajstić information content (AvgIpc) is 2.66. The van der Waals surface area contributed by atoms with Gasteiger partial charge in [-0.1, -0.05) is 69.8 Å². The molecule has 5 heteroatoms. The van der Waals surface area contributed by atoms with Crippen LogP contribution < -0.4 is 0 Å². The third-order valence-electron chi connectivity index (χ3n) is 5.51. The lowest BCUT2D eigenvalue weighted by Gasteiger charge is -2.38. The molecule has 0 heterocycles. The van der Waals surface area contributed by atoms with Crippen LogP contribution in [0.5, 0.6) is 0 Å². The fourth-order valence-corrected chi connectivity index (χ4v) is 3.58. The van der Waals surface area contributed by atoms with E-state index < -0.39 is 6.10 Å². The molecule has 0 aromatic heterocycles. The number of benzene rings is 1. The standard InChI is InChI=1S/C24H40ClNO3/c1-7-9-12-19(8-2)17-29-23(28)18(3)15-26(24(4,5)6)16-22(27)20-13-10-11-14-21(20)25/h10-11,13-14,18-19,22,27H,7-9,12,15-17H2,1-6H3. The van der Waals surface area contributed by atoms with E-state index in [0.717, 1.165) is 19.3 Å². The van der Waals surface area contributed by atoms with E-state index in [1.165, 1.54) is 6.42 Å². The number of carbonyl (C=O) groups is 1. The number of ether oxygens (including phenoxy) is 1. The highest BCUT2D eigenvalue weighted by molar-refractivity contribution is 6.31. The third kappa shape index (κ3) is 9.06. The van der Waals surface area contributed by atoms with Crippen LogP contribution in [-0.4, -0.2) is 41.2 Å². The Labute approximate surface area is 182 Å². The van der Waals surface area contributed by atoms with Gasteiger partial charge in [0.15, 0.2) is 0 Å². The van der Waals surface area contributed by atoms with Crippen molar-refractivity contribution in [3.8, 4) is 0 Å². The Bertz CT molecular complexity index is 614. The number of rotatable bonds is 12. The zero-order chi connectivity index (χ0) is 22.0. The van der Waals surface area contributed by atoms with Gasteiger partial charge in [-0.2, -0.15) is 0 Å². The molecule has 1 aromatic carbocycles. The van der Waals surface area contributed by atoms with Crippen LogP contribution in [0.15, 0.2) is 24.3 Å². The predicted octanol–water partition coefficient (Wildman–Crippen LogP) is 5.87. The van der Waals surface area contributed by atoms with Crippen molar-refractivity contribution in [3.63, 3.8) is 0 Å². The summed E-state index contributed by atoms with van der Waals surface area (Å²) in [6.07, 6.45) is 3.75. The Balaban J connectivity index is 2.70. The molecule has 0 radical (unpaired) electrons. The topological polar surface area (TPSA) is 49.8 Å². The second-order valence-corrected chi connectivity index (χ2v) is 9.47. The molecule has 0 saturated heterocycles. The summed E-state index contributed by atoms with van der Waals surface area (Å²) in [5.74, 6) is 0.00430. The van der Waals surface area contributed by atoms with Crippen LogP contribution in [0.3, 0.4) is 0 Å². The van der Waals surface area contributed by atoms with Gasteiger partial charge in [0, 0.05) is 29.2 Å². The first-order chi connectivity index (χ1) is 13.6. The van der Waals surface area contributed by atoms with Crippen LogP contribution in [0.4, 0.5) is 0 Å². The van der Waals surface area contributed by atoms with Gasteiger partial charge in [0.2, 0.25) is 0 Å². The van der Waals surface area contributed by atoms with Crippen molar-refractivity contribution < 1.29 is 14.6 Å². The SMILES string of the molecule is CCCCC(CC)COC(=O)C(C)CN(CC(O)c1ccccc1Cl)C(C)(C)C. The molecule has 0 saturated carbocycles. The number of aliphatic hydroxyl groups is 1. The van der Waals surface area contributed by atoms with Crippen LogP contribution >= 0.6 is 11.6 Å². The van der Waals surface area contributed by atoms with Gasteiger partial charge in [0.05, 0.1) is 18.6 Å². The second-order valence-electron chi connectivity index (χ2n) is 9.06. The van der Waals surface area contributed by atoms with Crippen molar-refractivity contribution in [2.24, 2.45) is 11.8 Å². The monoisotopic (exact) mass is 425 g/mol. The number of carbonyl (C=O) groups excluding carboxylic acids is 1. The van der Waals surface area contributed by atoms with E-state index >= 15 is 0 Å². The Morgan fingerprint density at radius 3 is 2.41 bits per heavy atom. The molecule has 0 aliphatic rings. The van der Waals surface area contributed by atoms with E-state index in [-0.39, 0.29) is 17.4 Å². The number of aliphatic hydroxyl groups excluding tert-OH is 1. The lowest BCUT2D eigenvalue weighted by molar-refractivity contribution is -0.150. The van der Waals surface area contributed by atoms with E-state index in [2.05, 4.69) is 39.5 Å². The molecule has 3 unspecified atom stereocenters. The Kier molecular flexibility index (Phi) is 11.2. The highest BCUT2D eigenvalue weighted by Gasteiger charge is 2.29. The quantitative estimate of drug-likeness (QED) is 0.425. The fourth-order valence-electron chi connectivity index (χ4n) is 3.32. The van der Waals surface area contributed by atoms with Gasteiger partial charge in [-0.25, -0.2) is 0 Å². The summed E-state index contributed by atoms with van der Waals surface area (Å²) < 4.78 is 5.63. The summed E-state index contributed by atoms with van der Waals surface area (Å²) >= 11 is 6.24. The molecule has 1 rings (SSSR count). The van der Waals surface area contributed by atoms with Gasteiger partial charge in [-0.3, -0.25) is 9.69 Å².